The van der Waals surface area contributed by atoms with Crippen molar-refractivity contribution in [1.29, 1.82) is 0 Å². The second-order valence-electron chi connectivity index (χ2n) is 8.57. The summed E-state index contributed by atoms with van der Waals surface area (Å²) in [6, 6.07) is 0.513. The second-order valence-corrected chi connectivity index (χ2v) is 8.57. The molecule has 184 valence electrons. The van der Waals surface area contributed by atoms with Gasteiger partial charge in [-0.25, -0.2) is 0 Å². The molecule has 0 spiro atoms. The summed E-state index contributed by atoms with van der Waals surface area (Å²) in [6.45, 7) is 1.14. The Morgan fingerprint density at radius 3 is 2.09 bits per heavy atom. The predicted molar refractivity (Wildman–Crippen MR) is 106 cm³/mol. The van der Waals surface area contributed by atoms with Crippen molar-refractivity contribution in [3.8, 4) is 0 Å². The number of anilines is 1. The summed E-state index contributed by atoms with van der Waals surface area (Å²) in [4.78, 5) is 26.5. The summed E-state index contributed by atoms with van der Waals surface area (Å²) in [5.41, 5.74) is -5.28. The fraction of sp³-hybridized carbons (Fsp3) is 0.619. The third-order valence-corrected chi connectivity index (χ3v) is 5.98. The van der Waals surface area contributed by atoms with E-state index >= 15 is 0 Å². The highest BCUT2D eigenvalue weighted by molar-refractivity contribution is 5.91. The predicted octanol–water partition coefficient (Wildman–Crippen LogP) is 3.55. The first kappa shape index (κ1) is 25.3. The smallest absolute Gasteiger partial charge is 0.389 e. The normalized spacial score (nSPS) is 21.5. The number of alkyl halides is 6. The molecular formula is C21H25F6N3O3. The van der Waals surface area contributed by atoms with Gasteiger partial charge in [-0.3, -0.25) is 9.59 Å². The molecule has 0 aliphatic carbocycles. The molecule has 0 aromatic heterocycles. The first-order valence-corrected chi connectivity index (χ1v) is 10.6. The highest BCUT2D eigenvalue weighted by atomic mass is 19.4. The summed E-state index contributed by atoms with van der Waals surface area (Å²) >= 11 is 0. The van der Waals surface area contributed by atoms with Crippen molar-refractivity contribution < 1.29 is 41.0 Å². The van der Waals surface area contributed by atoms with Crippen LogP contribution in [0.5, 0.6) is 0 Å². The Kier molecular flexibility index (Phi) is 7.27. The SMILES string of the molecule is O=C(CC1(O)CCN(C(=O)[C@H]2CCCCN2)CC1)Nc1cc(C(F)(F)F)cc(C(F)(F)F)c1. The van der Waals surface area contributed by atoms with Crippen LogP contribution < -0.4 is 10.6 Å². The molecule has 2 heterocycles. The number of aliphatic hydroxyl groups is 1. The van der Waals surface area contributed by atoms with Crippen LogP contribution >= 0.6 is 0 Å². The summed E-state index contributed by atoms with van der Waals surface area (Å²) in [5.74, 6) is -0.997. The van der Waals surface area contributed by atoms with Gasteiger partial charge in [-0.1, -0.05) is 6.42 Å². The minimum absolute atomic E-state index is 0.0307. The minimum Gasteiger partial charge on any atom is -0.389 e. The number of amides is 2. The maximum atomic E-state index is 13.0. The highest BCUT2D eigenvalue weighted by Crippen LogP contribution is 2.37. The van der Waals surface area contributed by atoms with Gasteiger partial charge < -0.3 is 20.6 Å². The second kappa shape index (κ2) is 9.49. The quantitative estimate of drug-likeness (QED) is 0.575. The third-order valence-electron chi connectivity index (χ3n) is 5.98. The Balaban J connectivity index is 1.62. The molecule has 1 aromatic rings. The Morgan fingerprint density at radius 1 is 1.03 bits per heavy atom. The van der Waals surface area contributed by atoms with Crippen LogP contribution in [0, 0.1) is 0 Å². The first-order valence-electron chi connectivity index (χ1n) is 10.6. The van der Waals surface area contributed by atoms with Gasteiger partial charge in [0, 0.05) is 18.8 Å². The number of piperidine rings is 2. The van der Waals surface area contributed by atoms with Gasteiger partial charge in [0.15, 0.2) is 0 Å². The molecule has 33 heavy (non-hydrogen) atoms. The van der Waals surface area contributed by atoms with Crippen LogP contribution in [-0.2, 0) is 21.9 Å². The standard InChI is InChI=1S/C21H25F6N3O3/c22-20(23,24)13-9-14(21(25,26)27)11-15(10-13)29-17(31)12-19(33)4-7-30(8-5-19)18(32)16-3-1-2-6-28-16/h9-11,16,28,33H,1-8,12H2,(H,29,31)/t16-/m1/s1. The van der Waals surface area contributed by atoms with Crippen molar-refractivity contribution in [1.82, 2.24) is 10.2 Å². The average molecular weight is 481 g/mol. The number of rotatable bonds is 4. The van der Waals surface area contributed by atoms with Crippen LogP contribution in [0.15, 0.2) is 18.2 Å². The Labute approximate surface area is 186 Å². The van der Waals surface area contributed by atoms with Gasteiger partial charge in [-0.05, 0) is 50.4 Å². The van der Waals surface area contributed by atoms with E-state index in [0.29, 0.717) is 12.1 Å². The third kappa shape index (κ3) is 6.59. The molecule has 6 nitrogen and oxygen atoms in total. The summed E-state index contributed by atoms with van der Waals surface area (Å²) < 4.78 is 77.9. The number of benzene rings is 1. The van der Waals surface area contributed by atoms with E-state index in [1.54, 1.807) is 4.90 Å². The number of nitrogens with one attached hydrogen (secondary N) is 2. The molecule has 1 atom stereocenters. The number of carbonyl (C=O) groups is 2. The van der Waals surface area contributed by atoms with Crippen molar-refractivity contribution in [2.75, 3.05) is 25.0 Å². The van der Waals surface area contributed by atoms with Crippen molar-refractivity contribution in [2.24, 2.45) is 0 Å². The summed E-state index contributed by atoms with van der Waals surface area (Å²) in [5, 5.41) is 15.9. The van der Waals surface area contributed by atoms with Gasteiger partial charge in [0.25, 0.3) is 0 Å². The van der Waals surface area contributed by atoms with E-state index in [4.69, 9.17) is 0 Å². The van der Waals surface area contributed by atoms with Crippen LogP contribution in [-0.4, -0.2) is 53.1 Å². The molecule has 2 aliphatic heterocycles. The largest absolute Gasteiger partial charge is 0.416 e. The van der Waals surface area contributed by atoms with Crippen LogP contribution in [0.1, 0.15) is 49.7 Å². The monoisotopic (exact) mass is 481 g/mol. The lowest BCUT2D eigenvalue weighted by Gasteiger charge is -2.39. The number of hydrogen-bond acceptors (Lipinski definition) is 4. The lowest BCUT2D eigenvalue weighted by Crippen LogP contribution is -2.54. The molecule has 3 N–H and O–H groups in total. The molecule has 2 aliphatic rings. The zero-order chi connectivity index (χ0) is 24.4. The van der Waals surface area contributed by atoms with Gasteiger partial charge in [0.2, 0.25) is 11.8 Å². The minimum atomic E-state index is -5.04. The zero-order valence-electron chi connectivity index (χ0n) is 17.7. The topological polar surface area (TPSA) is 81.7 Å². The van der Waals surface area contributed by atoms with E-state index in [9.17, 15) is 41.0 Å². The van der Waals surface area contributed by atoms with Gasteiger partial charge in [0.05, 0.1) is 29.2 Å². The molecule has 0 unspecified atom stereocenters. The molecule has 2 fully saturated rings. The number of likely N-dealkylation sites (tertiary alicyclic amines) is 1. The highest BCUT2D eigenvalue weighted by Gasteiger charge is 2.39. The zero-order valence-corrected chi connectivity index (χ0v) is 17.7. The van der Waals surface area contributed by atoms with Gasteiger partial charge in [0.1, 0.15) is 0 Å². The molecule has 3 rings (SSSR count). The number of halogens is 6. The molecule has 12 heteroatoms. The van der Waals surface area contributed by atoms with E-state index in [0.717, 1.165) is 25.8 Å². The maximum absolute atomic E-state index is 13.0. The van der Waals surface area contributed by atoms with Crippen molar-refractivity contribution in [2.45, 2.75) is 62.5 Å². The average Bonchev–Trinajstić information content (AvgIpc) is 2.72. The van der Waals surface area contributed by atoms with Gasteiger partial charge >= 0.3 is 12.4 Å². The summed E-state index contributed by atoms with van der Waals surface area (Å²) in [6.07, 6.45) is -7.81. The van der Waals surface area contributed by atoms with E-state index in [-0.39, 0.29) is 43.9 Å². The van der Waals surface area contributed by atoms with Gasteiger partial charge in [-0.2, -0.15) is 26.3 Å². The van der Waals surface area contributed by atoms with Crippen LogP contribution in [0.2, 0.25) is 0 Å². The molecule has 0 radical (unpaired) electrons. The van der Waals surface area contributed by atoms with Crippen molar-refractivity contribution >= 4 is 17.5 Å². The molecule has 0 bridgehead atoms. The maximum Gasteiger partial charge on any atom is 0.416 e. The van der Waals surface area contributed by atoms with Crippen molar-refractivity contribution in [3.05, 3.63) is 29.3 Å². The fourth-order valence-corrected chi connectivity index (χ4v) is 4.13. The van der Waals surface area contributed by atoms with E-state index in [1.165, 1.54) is 0 Å². The Bertz CT molecular complexity index is 841. The van der Waals surface area contributed by atoms with Crippen LogP contribution in [0.3, 0.4) is 0 Å². The van der Waals surface area contributed by atoms with Gasteiger partial charge in [-0.15, -0.1) is 0 Å². The van der Waals surface area contributed by atoms with E-state index < -0.39 is 47.1 Å². The van der Waals surface area contributed by atoms with Crippen molar-refractivity contribution in [3.63, 3.8) is 0 Å². The van der Waals surface area contributed by atoms with Crippen LogP contribution in [0.4, 0.5) is 32.0 Å². The fourth-order valence-electron chi connectivity index (χ4n) is 4.13. The summed E-state index contributed by atoms with van der Waals surface area (Å²) in [7, 11) is 0. The Morgan fingerprint density at radius 2 is 1.61 bits per heavy atom. The molecule has 0 saturated carbocycles. The molecule has 2 amide bonds. The number of carbonyl (C=O) groups excluding carboxylic acids is 2. The van der Waals surface area contributed by atoms with Crippen LogP contribution in [0.25, 0.3) is 0 Å². The molecule has 2 saturated heterocycles. The molecular weight excluding hydrogens is 456 g/mol. The lowest BCUT2D eigenvalue weighted by molar-refractivity contribution is -0.143. The molecule has 1 aromatic carbocycles. The van der Waals surface area contributed by atoms with E-state index in [2.05, 4.69) is 5.32 Å². The van der Waals surface area contributed by atoms with E-state index in [1.807, 2.05) is 5.32 Å². The number of nitrogens with zero attached hydrogens (tertiary/aromatic N) is 1. The lowest BCUT2D eigenvalue weighted by atomic mass is 9.87. The first-order chi connectivity index (χ1) is 15.3. The Hall–Kier alpha value is -2.34. The number of hydrogen-bond donors (Lipinski definition) is 3.